The Labute approximate surface area is 97.4 Å². The van der Waals surface area contributed by atoms with Gasteiger partial charge in [-0.15, -0.1) is 5.10 Å². The number of nitrogens with one attached hydrogen (secondary N) is 1. The average molecular weight is 225 g/mol. The van der Waals surface area contributed by atoms with E-state index < -0.39 is 0 Å². The highest BCUT2D eigenvalue weighted by atomic mass is 15.4. The summed E-state index contributed by atoms with van der Waals surface area (Å²) in [6.07, 6.45) is 5.02. The van der Waals surface area contributed by atoms with E-state index in [4.69, 9.17) is 5.84 Å². The average Bonchev–Trinajstić information content (AvgIpc) is 2.68. The van der Waals surface area contributed by atoms with Gasteiger partial charge in [-0.25, -0.2) is 4.68 Å². The Kier molecular flexibility index (Phi) is 5.42. The third kappa shape index (κ3) is 3.57. The second-order valence-corrected chi connectivity index (χ2v) is 4.57. The van der Waals surface area contributed by atoms with E-state index in [1.165, 1.54) is 0 Å². The molecule has 0 amide bonds. The fourth-order valence-electron chi connectivity index (χ4n) is 1.74. The van der Waals surface area contributed by atoms with Crippen LogP contribution in [0.5, 0.6) is 0 Å². The first-order valence-corrected chi connectivity index (χ1v) is 6.03. The van der Waals surface area contributed by atoms with Crippen molar-refractivity contribution in [1.82, 2.24) is 20.4 Å². The number of hydrogen-bond donors (Lipinski definition) is 2. The molecule has 92 valence electrons. The highest BCUT2D eigenvalue weighted by Gasteiger charge is 2.15. The zero-order valence-electron chi connectivity index (χ0n) is 10.5. The van der Waals surface area contributed by atoms with Crippen molar-refractivity contribution in [1.29, 1.82) is 0 Å². The molecule has 0 aromatic carbocycles. The van der Waals surface area contributed by atoms with Crippen molar-refractivity contribution in [2.24, 2.45) is 11.8 Å². The van der Waals surface area contributed by atoms with Crippen molar-refractivity contribution in [3.63, 3.8) is 0 Å². The minimum absolute atomic E-state index is 0.156. The molecule has 0 aliphatic carbocycles. The van der Waals surface area contributed by atoms with Gasteiger partial charge in [0.05, 0.1) is 17.9 Å². The van der Waals surface area contributed by atoms with Crippen LogP contribution in [0.25, 0.3) is 0 Å². The summed E-state index contributed by atoms with van der Waals surface area (Å²) in [5.74, 6) is 6.28. The Hall–Kier alpha value is -0.940. The van der Waals surface area contributed by atoms with E-state index in [1.807, 2.05) is 4.68 Å². The molecule has 0 saturated heterocycles. The minimum Gasteiger partial charge on any atom is -0.271 e. The van der Waals surface area contributed by atoms with Crippen molar-refractivity contribution in [2.45, 2.75) is 52.6 Å². The van der Waals surface area contributed by atoms with Gasteiger partial charge in [0.25, 0.3) is 0 Å². The Balaban J connectivity index is 2.66. The molecule has 0 bridgehead atoms. The first-order valence-electron chi connectivity index (χ1n) is 6.03. The molecule has 1 atom stereocenters. The van der Waals surface area contributed by atoms with Gasteiger partial charge in [0.15, 0.2) is 0 Å². The third-order valence-corrected chi connectivity index (χ3v) is 2.67. The molecule has 0 fully saturated rings. The van der Waals surface area contributed by atoms with Gasteiger partial charge in [0.2, 0.25) is 0 Å². The van der Waals surface area contributed by atoms with E-state index in [-0.39, 0.29) is 6.04 Å². The number of nitrogens with zero attached hydrogens (tertiary/aromatic N) is 3. The van der Waals surface area contributed by atoms with Crippen LogP contribution in [0.1, 0.15) is 51.8 Å². The zero-order valence-corrected chi connectivity index (χ0v) is 10.5. The van der Waals surface area contributed by atoms with Crippen LogP contribution in [-0.4, -0.2) is 15.0 Å². The van der Waals surface area contributed by atoms with Crippen LogP contribution in [0.4, 0.5) is 0 Å². The predicted molar refractivity (Wildman–Crippen MR) is 64.4 cm³/mol. The largest absolute Gasteiger partial charge is 0.271 e. The molecule has 0 aliphatic rings. The van der Waals surface area contributed by atoms with Crippen LogP contribution in [0.3, 0.4) is 0 Å². The summed E-state index contributed by atoms with van der Waals surface area (Å²) < 4.78 is 1.94. The lowest BCUT2D eigenvalue weighted by molar-refractivity contribution is 0.416. The molecule has 5 nitrogen and oxygen atoms in total. The standard InChI is InChI=1S/C11H23N5/c1-4-7-16-11(8-13-15-16)10(14-12)6-5-9(2)3/h8-10,14H,4-7,12H2,1-3H3. The van der Waals surface area contributed by atoms with Crippen LogP contribution in [0.15, 0.2) is 6.20 Å². The van der Waals surface area contributed by atoms with Crippen molar-refractivity contribution >= 4 is 0 Å². The summed E-state index contributed by atoms with van der Waals surface area (Å²) in [4.78, 5) is 0. The maximum atomic E-state index is 5.60. The number of hydrazine groups is 1. The van der Waals surface area contributed by atoms with Crippen LogP contribution in [0, 0.1) is 5.92 Å². The lowest BCUT2D eigenvalue weighted by Gasteiger charge is -2.17. The van der Waals surface area contributed by atoms with Gasteiger partial charge in [0, 0.05) is 6.54 Å². The minimum atomic E-state index is 0.156. The lowest BCUT2D eigenvalue weighted by Crippen LogP contribution is -2.30. The fourth-order valence-corrected chi connectivity index (χ4v) is 1.74. The molecule has 1 heterocycles. The molecule has 0 saturated carbocycles. The Morgan fingerprint density at radius 2 is 2.19 bits per heavy atom. The number of hydrogen-bond acceptors (Lipinski definition) is 4. The highest BCUT2D eigenvalue weighted by Crippen LogP contribution is 2.19. The van der Waals surface area contributed by atoms with Crippen LogP contribution < -0.4 is 11.3 Å². The number of nitrogens with two attached hydrogens (primary N) is 1. The normalized spacial score (nSPS) is 13.3. The van der Waals surface area contributed by atoms with E-state index in [2.05, 4.69) is 36.5 Å². The van der Waals surface area contributed by atoms with Crippen LogP contribution in [0.2, 0.25) is 0 Å². The molecule has 1 unspecified atom stereocenters. The van der Waals surface area contributed by atoms with Crippen LogP contribution in [-0.2, 0) is 6.54 Å². The SMILES string of the molecule is CCCn1nncc1C(CCC(C)C)NN. The van der Waals surface area contributed by atoms with Gasteiger partial charge in [0.1, 0.15) is 0 Å². The first kappa shape index (κ1) is 13.1. The molecule has 16 heavy (non-hydrogen) atoms. The van der Waals surface area contributed by atoms with Crippen molar-refractivity contribution in [3.8, 4) is 0 Å². The summed E-state index contributed by atoms with van der Waals surface area (Å²) in [5, 5.41) is 8.03. The van der Waals surface area contributed by atoms with E-state index in [0.717, 1.165) is 31.5 Å². The molecular formula is C11H23N5. The van der Waals surface area contributed by atoms with Gasteiger partial charge in [-0.05, 0) is 25.2 Å². The number of aromatic nitrogens is 3. The number of rotatable bonds is 7. The summed E-state index contributed by atoms with van der Waals surface area (Å²) in [6, 6.07) is 0.156. The van der Waals surface area contributed by atoms with Gasteiger partial charge < -0.3 is 0 Å². The van der Waals surface area contributed by atoms with Crippen LogP contribution >= 0.6 is 0 Å². The maximum Gasteiger partial charge on any atom is 0.0770 e. The van der Waals surface area contributed by atoms with Gasteiger partial charge in [-0.2, -0.15) is 0 Å². The smallest absolute Gasteiger partial charge is 0.0770 e. The van der Waals surface area contributed by atoms with Crippen molar-refractivity contribution < 1.29 is 0 Å². The molecule has 0 aliphatic heterocycles. The molecule has 5 heteroatoms. The molecule has 0 radical (unpaired) electrons. The molecule has 0 spiro atoms. The molecular weight excluding hydrogens is 202 g/mol. The summed E-state index contributed by atoms with van der Waals surface area (Å²) in [6.45, 7) is 7.46. The predicted octanol–water partition coefficient (Wildman–Crippen LogP) is 1.63. The molecule has 1 aromatic heterocycles. The topological polar surface area (TPSA) is 68.8 Å². The highest BCUT2D eigenvalue weighted by molar-refractivity contribution is 5.01. The zero-order chi connectivity index (χ0) is 12.0. The Morgan fingerprint density at radius 3 is 2.75 bits per heavy atom. The monoisotopic (exact) mass is 225 g/mol. The summed E-state index contributed by atoms with van der Waals surface area (Å²) in [5.41, 5.74) is 3.95. The lowest BCUT2D eigenvalue weighted by atomic mass is 10.0. The maximum absolute atomic E-state index is 5.60. The van der Waals surface area contributed by atoms with E-state index in [0.29, 0.717) is 5.92 Å². The third-order valence-electron chi connectivity index (χ3n) is 2.67. The Bertz CT molecular complexity index is 294. The van der Waals surface area contributed by atoms with E-state index >= 15 is 0 Å². The molecule has 1 aromatic rings. The Morgan fingerprint density at radius 1 is 1.44 bits per heavy atom. The number of aryl methyl sites for hydroxylation is 1. The van der Waals surface area contributed by atoms with E-state index in [1.54, 1.807) is 6.20 Å². The second-order valence-electron chi connectivity index (χ2n) is 4.57. The first-order chi connectivity index (χ1) is 7.69. The molecule has 3 N–H and O–H groups in total. The quantitative estimate of drug-likeness (QED) is 0.546. The van der Waals surface area contributed by atoms with Crippen molar-refractivity contribution in [3.05, 3.63) is 11.9 Å². The fraction of sp³-hybridized carbons (Fsp3) is 0.818. The van der Waals surface area contributed by atoms with Gasteiger partial charge in [-0.3, -0.25) is 11.3 Å². The van der Waals surface area contributed by atoms with Gasteiger partial charge >= 0.3 is 0 Å². The molecule has 1 rings (SSSR count). The van der Waals surface area contributed by atoms with Gasteiger partial charge in [-0.1, -0.05) is 26.0 Å². The van der Waals surface area contributed by atoms with Crippen molar-refractivity contribution in [2.75, 3.05) is 0 Å². The second kappa shape index (κ2) is 6.60. The summed E-state index contributed by atoms with van der Waals surface area (Å²) >= 11 is 0. The van der Waals surface area contributed by atoms with E-state index in [9.17, 15) is 0 Å². The summed E-state index contributed by atoms with van der Waals surface area (Å²) in [7, 11) is 0.